The molecule has 1 rings (SSSR count). The lowest BCUT2D eigenvalue weighted by Crippen LogP contribution is -2.52. The lowest BCUT2D eigenvalue weighted by atomic mass is 9.87. The van der Waals surface area contributed by atoms with E-state index in [-0.39, 0.29) is 6.04 Å². The lowest BCUT2D eigenvalue weighted by molar-refractivity contribution is -0.141. The van der Waals surface area contributed by atoms with Crippen LogP contribution in [0.25, 0.3) is 0 Å². The first-order chi connectivity index (χ1) is 9.11. The minimum absolute atomic E-state index is 0.335. The molecule has 0 aliphatic rings. The van der Waals surface area contributed by atoms with Gasteiger partial charge >= 0.3 is 12.0 Å². The molecule has 2 amide bonds. The van der Waals surface area contributed by atoms with Gasteiger partial charge in [-0.2, -0.15) is 0 Å². The number of aryl methyl sites for hydroxylation is 1. The van der Waals surface area contributed by atoms with E-state index >= 15 is 0 Å². The summed E-state index contributed by atoms with van der Waals surface area (Å²) in [6, 6.07) is 1.75. The van der Waals surface area contributed by atoms with E-state index in [0.717, 1.165) is 5.76 Å². The molecule has 1 unspecified atom stereocenters. The Balaban J connectivity index is 2.65. The Morgan fingerprint density at radius 2 is 1.85 bits per heavy atom. The van der Waals surface area contributed by atoms with Gasteiger partial charge in [-0.05, 0) is 31.4 Å². The van der Waals surface area contributed by atoms with Crippen molar-refractivity contribution in [1.82, 2.24) is 10.6 Å². The first kappa shape index (κ1) is 16.1. The molecule has 1 aromatic heterocycles. The molecular formula is C14H22N2O4. The highest BCUT2D eigenvalue weighted by Crippen LogP contribution is 2.20. The molecule has 112 valence electrons. The van der Waals surface area contributed by atoms with Crippen LogP contribution in [0.15, 0.2) is 16.5 Å². The third-order valence-corrected chi connectivity index (χ3v) is 2.92. The van der Waals surface area contributed by atoms with Crippen molar-refractivity contribution in [3.05, 3.63) is 23.7 Å². The summed E-state index contributed by atoms with van der Waals surface area (Å²) in [6.07, 6.45) is 0. The first-order valence-corrected chi connectivity index (χ1v) is 6.47. The number of amides is 2. The van der Waals surface area contributed by atoms with E-state index in [9.17, 15) is 9.59 Å². The topological polar surface area (TPSA) is 91.6 Å². The van der Waals surface area contributed by atoms with Crippen molar-refractivity contribution in [2.45, 2.75) is 46.7 Å². The van der Waals surface area contributed by atoms with Crippen molar-refractivity contribution in [1.29, 1.82) is 0 Å². The summed E-state index contributed by atoms with van der Waals surface area (Å²) in [4.78, 5) is 23.0. The van der Waals surface area contributed by atoms with Crippen molar-refractivity contribution in [3.63, 3.8) is 0 Å². The van der Waals surface area contributed by atoms with Crippen molar-refractivity contribution in [3.8, 4) is 0 Å². The van der Waals surface area contributed by atoms with E-state index in [1.807, 2.05) is 6.92 Å². The summed E-state index contributed by atoms with van der Waals surface area (Å²) in [5.74, 6) is 0.321. The molecule has 0 aliphatic heterocycles. The highest BCUT2D eigenvalue weighted by atomic mass is 16.4. The minimum Gasteiger partial charge on any atom is -0.480 e. The summed E-state index contributed by atoms with van der Waals surface area (Å²) in [5.41, 5.74) is -0.576. The molecule has 0 aromatic carbocycles. The van der Waals surface area contributed by atoms with Gasteiger partial charge in [0.15, 0.2) is 0 Å². The zero-order valence-corrected chi connectivity index (χ0v) is 12.5. The molecule has 1 heterocycles. The number of urea groups is 1. The van der Waals surface area contributed by atoms with Gasteiger partial charge in [0.25, 0.3) is 0 Å². The maximum Gasteiger partial charge on any atom is 0.326 e. The van der Waals surface area contributed by atoms with Crippen LogP contribution >= 0.6 is 0 Å². The molecule has 6 heteroatoms. The van der Waals surface area contributed by atoms with E-state index in [2.05, 4.69) is 10.6 Å². The number of carboxylic acid groups (broad SMARTS) is 1. The quantitative estimate of drug-likeness (QED) is 0.791. The average Bonchev–Trinajstić information content (AvgIpc) is 2.70. The van der Waals surface area contributed by atoms with Gasteiger partial charge in [-0.3, -0.25) is 0 Å². The van der Waals surface area contributed by atoms with E-state index in [4.69, 9.17) is 9.52 Å². The molecule has 0 bridgehead atoms. The van der Waals surface area contributed by atoms with Crippen LogP contribution in [0, 0.1) is 12.3 Å². The number of rotatable bonds is 4. The summed E-state index contributed by atoms with van der Waals surface area (Å²) in [7, 11) is 0. The number of carbonyl (C=O) groups excluding carboxylic acids is 1. The molecule has 1 aromatic rings. The number of carbonyl (C=O) groups is 2. The van der Waals surface area contributed by atoms with Crippen molar-refractivity contribution >= 4 is 12.0 Å². The van der Waals surface area contributed by atoms with Crippen LogP contribution in [-0.4, -0.2) is 23.1 Å². The Bertz CT molecular complexity index is 488. The van der Waals surface area contributed by atoms with E-state index in [1.54, 1.807) is 39.8 Å². The number of furan rings is 1. The number of hydrogen-bond acceptors (Lipinski definition) is 3. The Kier molecular flexibility index (Phi) is 4.81. The molecular weight excluding hydrogens is 260 g/mol. The fraction of sp³-hybridized carbons (Fsp3) is 0.571. The summed E-state index contributed by atoms with van der Waals surface area (Å²) >= 11 is 0. The molecule has 0 aliphatic carbocycles. The monoisotopic (exact) mass is 282 g/mol. The van der Waals surface area contributed by atoms with Crippen LogP contribution in [-0.2, 0) is 4.79 Å². The number of aliphatic carboxylic acids is 1. The van der Waals surface area contributed by atoms with Crippen LogP contribution in [0.3, 0.4) is 0 Å². The van der Waals surface area contributed by atoms with E-state index in [0.29, 0.717) is 5.76 Å². The predicted octanol–water partition coefficient (Wildman–Crippen LogP) is 2.45. The van der Waals surface area contributed by atoms with Crippen LogP contribution < -0.4 is 10.6 Å². The second-order valence-electron chi connectivity index (χ2n) is 5.93. The highest BCUT2D eigenvalue weighted by molar-refractivity contribution is 5.83. The second-order valence-corrected chi connectivity index (χ2v) is 5.93. The second kappa shape index (κ2) is 5.98. The highest BCUT2D eigenvalue weighted by Gasteiger charge is 2.32. The number of nitrogens with one attached hydrogen (secondary N) is 2. The van der Waals surface area contributed by atoms with Gasteiger partial charge < -0.3 is 20.2 Å². The van der Waals surface area contributed by atoms with Crippen LogP contribution in [0.5, 0.6) is 0 Å². The maximum absolute atomic E-state index is 11.9. The SMILES string of the molecule is Cc1ccc(C(C)NC(=O)N[C@@H](C(=O)O)C(C)(C)C)o1. The Hall–Kier alpha value is -1.98. The van der Waals surface area contributed by atoms with Crippen LogP contribution in [0.1, 0.15) is 45.3 Å². The largest absolute Gasteiger partial charge is 0.480 e. The molecule has 0 fully saturated rings. The van der Waals surface area contributed by atoms with Crippen molar-refractivity contribution < 1.29 is 19.1 Å². The number of hydrogen-bond donors (Lipinski definition) is 3. The maximum atomic E-state index is 11.9. The van der Waals surface area contributed by atoms with E-state index in [1.165, 1.54) is 0 Å². The zero-order valence-electron chi connectivity index (χ0n) is 12.5. The molecule has 20 heavy (non-hydrogen) atoms. The van der Waals surface area contributed by atoms with Gasteiger partial charge in [0.1, 0.15) is 17.6 Å². The van der Waals surface area contributed by atoms with Crippen LogP contribution in [0.2, 0.25) is 0 Å². The molecule has 0 radical (unpaired) electrons. The van der Waals surface area contributed by atoms with Gasteiger partial charge in [0, 0.05) is 0 Å². The Labute approximate surface area is 118 Å². The summed E-state index contributed by atoms with van der Waals surface area (Å²) in [5, 5.41) is 14.3. The van der Waals surface area contributed by atoms with Gasteiger partial charge in [-0.1, -0.05) is 20.8 Å². The summed E-state index contributed by atoms with van der Waals surface area (Å²) < 4.78 is 5.41. The number of carboxylic acids is 1. The van der Waals surface area contributed by atoms with Gasteiger partial charge in [-0.15, -0.1) is 0 Å². The molecule has 0 saturated carbocycles. The normalized spacial score (nSPS) is 14.4. The molecule has 2 atom stereocenters. The fourth-order valence-electron chi connectivity index (χ4n) is 1.78. The molecule has 3 N–H and O–H groups in total. The average molecular weight is 282 g/mol. The van der Waals surface area contributed by atoms with Crippen molar-refractivity contribution in [2.24, 2.45) is 5.41 Å². The third kappa shape index (κ3) is 4.29. The lowest BCUT2D eigenvalue weighted by Gasteiger charge is -2.28. The zero-order chi connectivity index (χ0) is 15.5. The molecule has 0 spiro atoms. The third-order valence-electron chi connectivity index (χ3n) is 2.92. The van der Waals surface area contributed by atoms with Gasteiger partial charge in [0.05, 0.1) is 6.04 Å². The smallest absolute Gasteiger partial charge is 0.326 e. The Morgan fingerprint density at radius 3 is 2.25 bits per heavy atom. The summed E-state index contributed by atoms with van der Waals surface area (Å²) in [6.45, 7) is 8.85. The van der Waals surface area contributed by atoms with Gasteiger partial charge in [0.2, 0.25) is 0 Å². The van der Waals surface area contributed by atoms with E-state index < -0.39 is 23.5 Å². The minimum atomic E-state index is -1.06. The van der Waals surface area contributed by atoms with Crippen molar-refractivity contribution in [2.75, 3.05) is 0 Å². The molecule has 6 nitrogen and oxygen atoms in total. The Morgan fingerprint density at radius 1 is 1.25 bits per heavy atom. The molecule has 0 saturated heterocycles. The van der Waals surface area contributed by atoms with Gasteiger partial charge in [-0.25, -0.2) is 9.59 Å². The first-order valence-electron chi connectivity index (χ1n) is 6.47. The standard InChI is InChI=1S/C14H22N2O4/c1-8-6-7-10(20-8)9(2)15-13(19)16-11(12(17)18)14(3,4)5/h6-7,9,11H,1-5H3,(H,17,18)(H2,15,16,19)/t9?,11-/m0/s1. The van der Waals surface area contributed by atoms with Crippen LogP contribution in [0.4, 0.5) is 4.79 Å². The fourth-order valence-corrected chi connectivity index (χ4v) is 1.78. The predicted molar refractivity (Wildman–Crippen MR) is 74.4 cm³/mol.